The standard InChI is InChI=1S/C13H17N3S/c1-3-11-6-7-12(17-11)13(16-14)10-5-4-9(2)15-8-10/h4-8,13,16H,3,14H2,1-2H3. The van der Waals surface area contributed by atoms with Crippen LogP contribution in [0.15, 0.2) is 30.5 Å². The van der Waals surface area contributed by atoms with Gasteiger partial charge in [0.25, 0.3) is 0 Å². The molecule has 90 valence electrons. The van der Waals surface area contributed by atoms with Gasteiger partial charge in [-0.25, -0.2) is 5.43 Å². The first-order chi connectivity index (χ1) is 8.24. The van der Waals surface area contributed by atoms with Crippen molar-refractivity contribution < 1.29 is 0 Å². The fourth-order valence-corrected chi connectivity index (χ4v) is 2.77. The van der Waals surface area contributed by atoms with Gasteiger partial charge in [-0.15, -0.1) is 11.3 Å². The van der Waals surface area contributed by atoms with Crippen LogP contribution in [0.25, 0.3) is 0 Å². The number of aryl methyl sites for hydroxylation is 2. The van der Waals surface area contributed by atoms with Gasteiger partial charge in [0.05, 0.1) is 6.04 Å². The first-order valence-corrected chi connectivity index (χ1v) is 6.53. The Labute approximate surface area is 106 Å². The van der Waals surface area contributed by atoms with Crippen molar-refractivity contribution in [3.8, 4) is 0 Å². The van der Waals surface area contributed by atoms with Crippen LogP contribution in [-0.2, 0) is 6.42 Å². The molecule has 0 fully saturated rings. The summed E-state index contributed by atoms with van der Waals surface area (Å²) in [6, 6.07) is 8.40. The van der Waals surface area contributed by atoms with Gasteiger partial charge in [0.1, 0.15) is 0 Å². The summed E-state index contributed by atoms with van der Waals surface area (Å²) in [4.78, 5) is 6.92. The second-order valence-electron chi connectivity index (χ2n) is 3.99. The topological polar surface area (TPSA) is 50.9 Å². The number of hydrogen-bond donors (Lipinski definition) is 2. The molecule has 3 N–H and O–H groups in total. The number of nitrogens with two attached hydrogens (primary N) is 1. The van der Waals surface area contributed by atoms with Crippen LogP contribution in [0.2, 0.25) is 0 Å². The van der Waals surface area contributed by atoms with Gasteiger partial charge in [-0.2, -0.15) is 0 Å². The van der Waals surface area contributed by atoms with Gasteiger partial charge in [0.2, 0.25) is 0 Å². The van der Waals surface area contributed by atoms with Crippen LogP contribution in [-0.4, -0.2) is 4.98 Å². The van der Waals surface area contributed by atoms with Gasteiger partial charge in [-0.05, 0) is 37.1 Å². The molecule has 3 nitrogen and oxygen atoms in total. The van der Waals surface area contributed by atoms with Gasteiger partial charge in [-0.3, -0.25) is 10.8 Å². The summed E-state index contributed by atoms with van der Waals surface area (Å²) in [6.45, 7) is 4.14. The third-order valence-corrected chi connectivity index (χ3v) is 4.04. The highest BCUT2D eigenvalue weighted by molar-refractivity contribution is 7.12. The molecule has 2 aromatic heterocycles. The van der Waals surface area contributed by atoms with E-state index < -0.39 is 0 Å². The van der Waals surface area contributed by atoms with E-state index in [0.29, 0.717) is 0 Å². The fraction of sp³-hybridized carbons (Fsp3) is 0.308. The number of hydrazine groups is 1. The third kappa shape index (κ3) is 2.72. The van der Waals surface area contributed by atoms with Gasteiger partial charge in [0.15, 0.2) is 0 Å². The molecule has 4 heteroatoms. The summed E-state index contributed by atoms with van der Waals surface area (Å²) in [5.41, 5.74) is 4.98. The van der Waals surface area contributed by atoms with Crippen LogP contribution in [0.5, 0.6) is 0 Å². The number of pyridine rings is 1. The molecule has 0 radical (unpaired) electrons. The fourth-order valence-electron chi connectivity index (χ4n) is 1.73. The first-order valence-electron chi connectivity index (χ1n) is 5.72. The molecule has 0 aliphatic rings. The van der Waals surface area contributed by atoms with E-state index >= 15 is 0 Å². The van der Waals surface area contributed by atoms with Crippen LogP contribution in [0, 0.1) is 6.92 Å². The second-order valence-corrected chi connectivity index (χ2v) is 5.19. The molecule has 2 rings (SSSR count). The normalized spacial score (nSPS) is 12.6. The van der Waals surface area contributed by atoms with Gasteiger partial charge < -0.3 is 0 Å². The van der Waals surface area contributed by atoms with Crippen molar-refractivity contribution in [3.63, 3.8) is 0 Å². The van der Waals surface area contributed by atoms with E-state index in [1.165, 1.54) is 9.75 Å². The minimum absolute atomic E-state index is 0.0356. The van der Waals surface area contributed by atoms with Crippen LogP contribution in [0.1, 0.15) is 34.0 Å². The van der Waals surface area contributed by atoms with Crippen molar-refractivity contribution in [3.05, 3.63) is 51.5 Å². The maximum absolute atomic E-state index is 5.65. The largest absolute Gasteiger partial charge is 0.271 e. The Kier molecular flexibility index (Phi) is 3.89. The lowest BCUT2D eigenvalue weighted by atomic mass is 10.1. The molecule has 0 aromatic carbocycles. The molecule has 0 aliphatic heterocycles. The number of rotatable bonds is 4. The van der Waals surface area contributed by atoms with E-state index in [2.05, 4.69) is 35.5 Å². The zero-order valence-corrected chi connectivity index (χ0v) is 10.9. The smallest absolute Gasteiger partial charge is 0.0817 e. The minimum atomic E-state index is 0.0356. The lowest BCUT2D eigenvalue weighted by Gasteiger charge is -2.14. The summed E-state index contributed by atoms with van der Waals surface area (Å²) < 4.78 is 0. The monoisotopic (exact) mass is 247 g/mol. The molecule has 0 spiro atoms. The summed E-state index contributed by atoms with van der Waals surface area (Å²) in [7, 11) is 0. The molecule has 0 amide bonds. The Morgan fingerprint density at radius 1 is 1.35 bits per heavy atom. The molecule has 0 saturated heterocycles. The van der Waals surface area contributed by atoms with E-state index in [1.807, 2.05) is 19.2 Å². The lowest BCUT2D eigenvalue weighted by Crippen LogP contribution is -2.28. The Hall–Kier alpha value is -1.23. The van der Waals surface area contributed by atoms with Crippen molar-refractivity contribution in [2.75, 3.05) is 0 Å². The zero-order chi connectivity index (χ0) is 12.3. The minimum Gasteiger partial charge on any atom is -0.271 e. The molecule has 0 bridgehead atoms. The highest BCUT2D eigenvalue weighted by atomic mass is 32.1. The highest BCUT2D eigenvalue weighted by Gasteiger charge is 2.14. The van der Waals surface area contributed by atoms with Crippen LogP contribution in [0.4, 0.5) is 0 Å². The Morgan fingerprint density at radius 3 is 2.71 bits per heavy atom. The quantitative estimate of drug-likeness (QED) is 0.645. The predicted molar refractivity (Wildman–Crippen MR) is 71.8 cm³/mol. The first kappa shape index (κ1) is 12.2. The number of nitrogens with one attached hydrogen (secondary N) is 1. The molecule has 0 saturated carbocycles. The summed E-state index contributed by atoms with van der Waals surface area (Å²) in [5.74, 6) is 5.65. The van der Waals surface area contributed by atoms with E-state index in [-0.39, 0.29) is 6.04 Å². The molecule has 1 atom stereocenters. The number of thiophene rings is 1. The van der Waals surface area contributed by atoms with Crippen molar-refractivity contribution in [1.82, 2.24) is 10.4 Å². The number of aromatic nitrogens is 1. The Morgan fingerprint density at radius 2 is 2.18 bits per heavy atom. The van der Waals surface area contributed by atoms with Crippen LogP contribution in [0.3, 0.4) is 0 Å². The Bertz CT molecular complexity index is 476. The van der Waals surface area contributed by atoms with Crippen molar-refractivity contribution >= 4 is 11.3 Å². The van der Waals surface area contributed by atoms with Crippen molar-refractivity contribution in [2.24, 2.45) is 5.84 Å². The van der Waals surface area contributed by atoms with E-state index in [4.69, 9.17) is 5.84 Å². The van der Waals surface area contributed by atoms with Gasteiger partial charge >= 0.3 is 0 Å². The number of nitrogens with zero attached hydrogens (tertiary/aromatic N) is 1. The molecule has 2 heterocycles. The van der Waals surface area contributed by atoms with Gasteiger partial charge in [0, 0.05) is 21.6 Å². The van der Waals surface area contributed by atoms with Crippen LogP contribution < -0.4 is 11.3 Å². The van der Waals surface area contributed by atoms with Crippen molar-refractivity contribution in [2.45, 2.75) is 26.3 Å². The van der Waals surface area contributed by atoms with Crippen molar-refractivity contribution in [1.29, 1.82) is 0 Å². The maximum Gasteiger partial charge on any atom is 0.0817 e. The highest BCUT2D eigenvalue weighted by Crippen LogP contribution is 2.27. The predicted octanol–water partition coefficient (Wildman–Crippen LogP) is 2.57. The second kappa shape index (κ2) is 5.40. The number of hydrogen-bond acceptors (Lipinski definition) is 4. The molecular weight excluding hydrogens is 230 g/mol. The van der Waals surface area contributed by atoms with E-state index in [1.54, 1.807) is 11.3 Å². The zero-order valence-electron chi connectivity index (χ0n) is 10.1. The summed E-state index contributed by atoms with van der Waals surface area (Å²) in [5, 5.41) is 0. The Balaban J connectivity index is 2.29. The van der Waals surface area contributed by atoms with E-state index in [9.17, 15) is 0 Å². The third-order valence-electron chi connectivity index (χ3n) is 2.75. The lowest BCUT2D eigenvalue weighted by molar-refractivity contribution is 0.644. The molecule has 0 aliphatic carbocycles. The average molecular weight is 247 g/mol. The summed E-state index contributed by atoms with van der Waals surface area (Å²) >= 11 is 1.79. The van der Waals surface area contributed by atoms with Crippen LogP contribution >= 0.6 is 11.3 Å². The average Bonchev–Trinajstić information content (AvgIpc) is 2.81. The molecular formula is C13H17N3S. The van der Waals surface area contributed by atoms with Gasteiger partial charge in [-0.1, -0.05) is 13.0 Å². The summed E-state index contributed by atoms with van der Waals surface area (Å²) in [6.07, 6.45) is 2.94. The molecule has 17 heavy (non-hydrogen) atoms. The maximum atomic E-state index is 5.65. The molecule has 1 unspecified atom stereocenters. The van der Waals surface area contributed by atoms with E-state index in [0.717, 1.165) is 17.7 Å². The molecule has 2 aromatic rings. The SMILES string of the molecule is CCc1ccc(C(NN)c2ccc(C)nc2)s1.